The predicted molar refractivity (Wildman–Crippen MR) is 149 cm³/mol. The monoisotopic (exact) mass is 565 g/mol. The van der Waals surface area contributed by atoms with E-state index >= 15 is 0 Å². The molecule has 0 aliphatic carbocycles. The van der Waals surface area contributed by atoms with Crippen LogP contribution in [0.25, 0.3) is 0 Å². The highest BCUT2D eigenvalue weighted by molar-refractivity contribution is 7.99. The van der Waals surface area contributed by atoms with E-state index in [9.17, 15) is 19.5 Å². The molecule has 4 rings (SSSR count). The Morgan fingerprint density at radius 1 is 0.900 bits per heavy atom. The number of thioether (sulfide) groups is 1. The minimum absolute atomic E-state index is 0.0493. The summed E-state index contributed by atoms with van der Waals surface area (Å²) in [5.41, 5.74) is 3.27. The van der Waals surface area contributed by atoms with Gasteiger partial charge in [-0.3, -0.25) is 9.59 Å². The van der Waals surface area contributed by atoms with Crippen LogP contribution >= 0.6 is 11.8 Å². The lowest BCUT2D eigenvalue weighted by atomic mass is 10.0. The summed E-state index contributed by atoms with van der Waals surface area (Å²) in [5.74, 6) is -1.57. The van der Waals surface area contributed by atoms with E-state index in [1.165, 1.54) is 0 Å². The third-order valence-electron chi connectivity index (χ3n) is 6.39. The molecule has 0 bridgehead atoms. The Labute approximate surface area is 236 Å². The summed E-state index contributed by atoms with van der Waals surface area (Å²) in [6.07, 6.45) is -0.298. The van der Waals surface area contributed by atoms with Gasteiger partial charge in [0.05, 0.1) is 24.4 Å². The lowest BCUT2D eigenvalue weighted by Crippen LogP contribution is -2.31. The van der Waals surface area contributed by atoms with Gasteiger partial charge < -0.3 is 30.1 Å². The molecule has 40 heavy (non-hydrogen) atoms. The minimum Gasteiger partial charge on any atom is -0.481 e. The van der Waals surface area contributed by atoms with Crippen molar-refractivity contribution in [2.45, 2.75) is 55.7 Å². The Morgan fingerprint density at radius 2 is 1.65 bits per heavy atom. The van der Waals surface area contributed by atoms with Crippen molar-refractivity contribution in [2.75, 3.05) is 11.1 Å². The third kappa shape index (κ3) is 8.40. The summed E-state index contributed by atoms with van der Waals surface area (Å²) in [7, 11) is 0. The summed E-state index contributed by atoms with van der Waals surface area (Å²) < 4.78 is 12.7. The van der Waals surface area contributed by atoms with Gasteiger partial charge in [-0.2, -0.15) is 0 Å². The van der Waals surface area contributed by atoms with E-state index in [2.05, 4.69) is 5.32 Å². The fourth-order valence-electron chi connectivity index (χ4n) is 4.29. The molecule has 3 aromatic rings. The van der Waals surface area contributed by atoms with Crippen molar-refractivity contribution in [2.24, 2.45) is 0 Å². The van der Waals surface area contributed by atoms with E-state index in [1.54, 1.807) is 54.2 Å². The number of hydrogen-bond donors (Lipinski definition) is 4. The molecule has 0 radical (unpaired) electrons. The zero-order valence-corrected chi connectivity index (χ0v) is 22.5. The third-order valence-corrected chi connectivity index (χ3v) is 7.53. The SMILES string of the molecule is O=C(O)CCCC(=O)Nc1cccc(C2OC(CSc3ccc(C(=O)O)cc3)CC(c3ccc(CO)cc3)O2)c1. The van der Waals surface area contributed by atoms with Gasteiger partial charge in [0.1, 0.15) is 0 Å². The summed E-state index contributed by atoms with van der Waals surface area (Å²) in [6, 6.07) is 21.5. The largest absolute Gasteiger partial charge is 0.481 e. The standard InChI is InChI=1S/C30H31NO8S/c32-17-19-7-9-20(10-8-19)26-16-24(18-40-25-13-11-21(12-14-25)29(36)37)38-30(39-26)22-3-1-4-23(15-22)31-27(33)5-2-6-28(34)35/h1,3-4,7-15,24,26,30,32H,2,5-6,16-18H2,(H,31,33)(H,34,35)(H,36,37). The van der Waals surface area contributed by atoms with Gasteiger partial charge in [0.2, 0.25) is 5.91 Å². The van der Waals surface area contributed by atoms with E-state index in [4.69, 9.17) is 19.7 Å². The molecule has 1 aliphatic heterocycles. The molecule has 1 aliphatic rings. The quantitative estimate of drug-likeness (QED) is 0.212. The van der Waals surface area contributed by atoms with Crippen molar-refractivity contribution >= 4 is 35.3 Å². The van der Waals surface area contributed by atoms with Crippen molar-refractivity contribution in [1.29, 1.82) is 0 Å². The minimum atomic E-state index is -0.971. The molecule has 9 nitrogen and oxygen atoms in total. The molecule has 4 N–H and O–H groups in total. The number of amides is 1. The number of carbonyl (C=O) groups excluding carboxylic acids is 1. The van der Waals surface area contributed by atoms with E-state index in [1.807, 2.05) is 30.3 Å². The number of carboxylic acid groups (broad SMARTS) is 2. The second kappa shape index (κ2) is 14.1. The zero-order chi connectivity index (χ0) is 28.5. The number of aliphatic hydroxyl groups excluding tert-OH is 1. The fraction of sp³-hybridized carbons (Fsp3) is 0.300. The average molecular weight is 566 g/mol. The number of aliphatic carboxylic acids is 1. The van der Waals surface area contributed by atoms with Crippen LogP contribution < -0.4 is 5.32 Å². The molecule has 0 aromatic heterocycles. The molecule has 210 valence electrons. The smallest absolute Gasteiger partial charge is 0.335 e. The lowest BCUT2D eigenvalue weighted by molar-refractivity contribution is -0.245. The van der Waals surface area contributed by atoms with Crippen molar-refractivity contribution < 1.29 is 39.2 Å². The number of carbonyl (C=O) groups is 3. The maximum absolute atomic E-state index is 12.3. The van der Waals surface area contributed by atoms with E-state index in [0.29, 0.717) is 17.9 Å². The van der Waals surface area contributed by atoms with Gasteiger partial charge in [-0.05, 0) is 53.9 Å². The summed E-state index contributed by atoms with van der Waals surface area (Å²) in [4.78, 5) is 35.1. The molecule has 3 aromatic carbocycles. The Hall–Kier alpha value is -3.70. The molecule has 1 heterocycles. The van der Waals surface area contributed by atoms with Crippen molar-refractivity contribution in [1.82, 2.24) is 0 Å². The van der Waals surface area contributed by atoms with E-state index < -0.39 is 18.2 Å². The maximum atomic E-state index is 12.3. The first-order chi connectivity index (χ1) is 19.3. The maximum Gasteiger partial charge on any atom is 0.335 e. The van der Waals surface area contributed by atoms with Crippen molar-refractivity contribution in [3.63, 3.8) is 0 Å². The first-order valence-electron chi connectivity index (χ1n) is 12.9. The van der Waals surface area contributed by atoms with Gasteiger partial charge in [0.25, 0.3) is 0 Å². The Balaban J connectivity index is 1.48. The van der Waals surface area contributed by atoms with Crippen LogP contribution in [0.2, 0.25) is 0 Å². The number of hydrogen-bond acceptors (Lipinski definition) is 7. The highest BCUT2D eigenvalue weighted by Gasteiger charge is 2.32. The molecule has 1 amide bonds. The van der Waals surface area contributed by atoms with Crippen LogP contribution in [0.3, 0.4) is 0 Å². The van der Waals surface area contributed by atoms with Crippen molar-refractivity contribution in [3.8, 4) is 0 Å². The van der Waals surface area contributed by atoms with Crippen LogP contribution in [0.1, 0.15) is 65.1 Å². The molecule has 0 saturated carbocycles. The number of carboxylic acids is 2. The number of anilines is 1. The molecular weight excluding hydrogens is 534 g/mol. The van der Waals surface area contributed by atoms with Gasteiger partial charge in [-0.1, -0.05) is 36.4 Å². The van der Waals surface area contributed by atoms with Gasteiger partial charge in [0.15, 0.2) is 6.29 Å². The second-order valence-corrected chi connectivity index (χ2v) is 10.5. The number of aromatic carboxylic acids is 1. The van der Waals surface area contributed by atoms with Crippen LogP contribution in [0.4, 0.5) is 5.69 Å². The summed E-state index contributed by atoms with van der Waals surface area (Å²) in [5, 5.41) is 30.2. The van der Waals surface area contributed by atoms with Crippen LogP contribution in [0, 0.1) is 0 Å². The first kappa shape index (κ1) is 29.3. The molecule has 10 heteroatoms. The normalized spacial score (nSPS) is 18.7. The number of rotatable bonds is 12. The number of aliphatic hydroxyl groups is 1. The average Bonchev–Trinajstić information content (AvgIpc) is 2.96. The summed E-state index contributed by atoms with van der Waals surface area (Å²) >= 11 is 1.56. The van der Waals surface area contributed by atoms with Crippen LogP contribution in [-0.2, 0) is 25.7 Å². The fourth-order valence-corrected chi connectivity index (χ4v) is 5.21. The Bertz CT molecular complexity index is 1310. The molecule has 1 fully saturated rings. The highest BCUT2D eigenvalue weighted by Crippen LogP contribution is 2.40. The van der Waals surface area contributed by atoms with Crippen molar-refractivity contribution in [3.05, 3.63) is 95.1 Å². The van der Waals surface area contributed by atoms with Crippen LogP contribution in [-0.4, -0.2) is 45.0 Å². The lowest BCUT2D eigenvalue weighted by Gasteiger charge is -2.36. The number of nitrogens with one attached hydrogen (secondary N) is 1. The Kier molecular flexibility index (Phi) is 10.3. The number of benzene rings is 3. The molecule has 3 atom stereocenters. The van der Waals surface area contributed by atoms with Gasteiger partial charge in [0, 0.05) is 41.2 Å². The number of ether oxygens (including phenoxy) is 2. The van der Waals surface area contributed by atoms with Gasteiger partial charge >= 0.3 is 11.9 Å². The second-order valence-electron chi connectivity index (χ2n) is 9.41. The van der Waals surface area contributed by atoms with E-state index in [-0.39, 0.29) is 49.5 Å². The van der Waals surface area contributed by atoms with Gasteiger partial charge in [-0.15, -0.1) is 11.8 Å². The van der Waals surface area contributed by atoms with Crippen LogP contribution in [0.15, 0.2) is 77.7 Å². The molecule has 0 spiro atoms. The topological polar surface area (TPSA) is 142 Å². The van der Waals surface area contributed by atoms with E-state index in [0.717, 1.165) is 21.6 Å². The Morgan fingerprint density at radius 3 is 2.33 bits per heavy atom. The summed E-state index contributed by atoms with van der Waals surface area (Å²) in [6.45, 7) is -0.0493. The first-order valence-corrected chi connectivity index (χ1v) is 13.9. The van der Waals surface area contributed by atoms with Crippen LogP contribution in [0.5, 0.6) is 0 Å². The predicted octanol–water partition coefficient (Wildman–Crippen LogP) is 5.41. The molecule has 3 unspecified atom stereocenters. The zero-order valence-electron chi connectivity index (χ0n) is 21.7. The highest BCUT2D eigenvalue weighted by atomic mass is 32.2. The molecule has 1 saturated heterocycles. The van der Waals surface area contributed by atoms with Gasteiger partial charge in [-0.25, -0.2) is 4.79 Å². The molecular formula is C30H31NO8S.